The van der Waals surface area contributed by atoms with Crippen molar-refractivity contribution in [3.8, 4) is 17.2 Å². The van der Waals surface area contributed by atoms with Crippen molar-refractivity contribution in [3.05, 3.63) is 93.2 Å². The van der Waals surface area contributed by atoms with E-state index >= 15 is 0 Å². The van der Waals surface area contributed by atoms with E-state index in [0.29, 0.717) is 22.7 Å². The van der Waals surface area contributed by atoms with Crippen LogP contribution in [0.15, 0.2) is 77.6 Å². The first-order chi connectivity index (χ1) is 15.7. The molecule has 0 radical (unpaired) electrons. The molecule has 2 aromatic heterocycles. The predicted molar refractivity (Wildman–Crippen MR) is 126 cm³/mol. The zero-order valence-corrected chi connectivity index (χ0v) is 18.2. The summed E-state index contributed by atoms with van der Waals surface area (Å²) in [4.78, 5) is 18.1. The topological polar surface area (TPSA) is 62.1 Å². The SMILES string of the molecule is COc1cccc(OCCOc2ccc(/C=c3/sc4nc5ccccc5n4c3=O)cc2)c1. The van der Waals surface area contributed by atoms with Crippen LogP contribution in [-0.2, 0) is 0 Å². The second-order valence-electron chi connectivity index (χ2n) is 7.08. The Bertz CT molecular complexity index is 1490. The summed E-state index contributed by atoms with van der Waals surface area (Å²) in [6, 6.07) is 22.8. The van der Waals surface area contributed by atoms with Crippen LogP contribution in [0, 0.1) is 0 Å². The Morgan fingerprint density at radius 2 is 1.66 bits per heavy atom. The van der Waals surface area contributed by atoms with Crippen molar-refractivity contribution in [1.82, 2.24) is 9.38 Å². The molecule has 0 aliphatic heterocycles. The molecule has 0 spiro atoms. The summed E-state index contributed by atoms with van der Waals surface area (Å²) in [5.74, 6) is 2.23. The van der Waals surface area contributed by atoms with Gasteiger partial charge >= 0.3 is 0 Å². The molecule has 6 nitrogen and oxygen atoms in total. The second kappa shape index (κ2) is 8.72. The Morgan fingerprint density at radius 1 is 0.906 bits per heavy atom. The fourth-order valence-corrected chi connectivity index (χ4v) is 4.42. The van der Waals surface area contributed by atoms with Crippen LogP contribution in [0.25, 0.3) is 22.1 Å². The van der Waals surface area contributed by atoms with Crippen LogP contribution in [0.4, 0.5) is 0 Å². The van der Waals surface area contributed by atoms with Gasteiger partial charge in [-0.15, -0.1) is 0 Å². The summed E-state index contributed by atoms with van der Waals surface area (Å²) in [5.41, 5.74) is 2.55. The van der Waals surface area contributed by atoms with Crippen molar-refractivity contribution in [2.24, 2.45) is 0 Å². The first-order valence-electron chi connectivity index (χ1n) is 10.1. The van der Waals surface area contributed by atoms with Gasteiger partial charge in [0.25, 0.3) is 5.56 Å². The van der Waals surface area contributed by atoms with Gasteiger partial charge < -0.3 is 14.2 Å². The molecule has 3 aromatic carbocycles. The Kier molecular flexibility index (Phi) is 5.47. The van der Waals surface area contributed by atoms with Gasteiger partial charge in [-0.3, -0.25) is 4.79 Å². The maximum atomic E-state index is 12.9. The predicted octanol–water partition coefficient (Wildman–Crippen LogP) is 3.92. The number of nitrogens with zero attached hydrogens (tertiary/aromatic N) is 2. The van der Waals surface area contributed by atoms with Crippen LogP contribution in [0.5, 0.6) is 17.2 Å². The highest BCUT2D eigenvalue weighted by atomic mass is 32.1. The third-order valence-electron chi connectivity index (χ3n) is 4.98. The maximum Gasteiger partial charge on any atom is 0.274 e. The zero-order chi connectivity index (χ0) is 21.9. The molecule has 32 heavy (non-hydrogen) atoms. The quantitative estimate of drug-likeness (QED) is 0.356. The number of aromatic nitrogens is 2. The number of imidazole rings is 1. The summed E-state index contributed by atoms with van der Waals surface area (Å²) in [6.07, 6.45) is 1.88. The Morgan fingerprint density at radius 3 is 2.47 bits per heavy atom. The zero-order valence-electron chi connectivity index (χ0n) is 17.4. The van der Waals surface area contributed by atoms with Gasteiger partial charge in [0.05, 0.1) is 22.7 Å². The summed E-state index contributed by atoms with van der Waals surface area (Å²) in [6.45, 7) is 0.837. The maximum absolute atomic E-state index is 12.9. The van der Waals surface area contributed by atoms with Crippen LogP contribution >= 0.6 is 11.3 Å². The number of hydrogen-bond acceptors (Lipinski definition) is 6. The monoisotopic (exact) mass is 444 g/mol. The van der Waals surface area contributed by atoms with Crippen LogP contribution in [0.3, 0.4) is 0 Å². The van der Waals surface area contributed by atoms with Gasteiger partial charge in [0.15, 0.2) is 4.96 Å². The molecule has 0 unspecified atom stereocenters. The molecule has 0 amide bonds. The van der Waals surface area contributed by atoms with Crippen molar-refractivity contribution in [2.75, 3.05) is 20.3 Å². The molecule has 0 N–H and O–H groups in total. The molecule has 160 valence electrons. The van der Waals surface area contributed by atoms with Gasteiger partial charge in [-0.05, 0) is 48.0 Å². The molecule has 0 saturated heterocycles. The third kappa shape index (κ3) is 4.02. The van der Waals surface area contributed by atoms with E-state index in [1.54, 1.807) is 11.5 Å². The number of fused-ring (bicyclic) bond motifs is 3. The lowest BCUT2D eigenvalue weighted by molar-refractivity contribution is 0.216. The largest absolute Gasteiger partial charge is 0.497 e. The number of hydrogen-bond donors (Lipinski definition) is 0. The number of thiazole rings is 1. The normalized spacial score (nSPS) is 11.8. The molecule has 0 bridgehead atoms. The summed E-state index contributed by atoms with van der Waals surface area (Å²) in [7, 11) is 1.62. The Hall–Kier alpha value is -3.84. The number of methoxy groups -OCH3 is 1. The third-order valence-corrected chi connectivity index (χ3v) is 5.95. The van der Waals surface area contributed by atoms with Gasteiger partial charge in [-0.1, -0.05) is 41.7 Å². The smallest absolute Gasteiger partial charge is 0.274 e. The van der Waals surface area contributed by atoms with Crippen molar-refractivity contribution in [2.45, 2.75) is 0 Å². The second-order valence-corrected chi connectivity index (χ2v) is 8.09. The van der Waals surface area contributed by atoms with Gasteiger partial charge in [-0.2, -0.15) is 0 Å². The molecule has 2 heterocycles. The minimum absolute atomic E-state index is 0.0475. The van der Waals surface area contributed by atoms with Crippen LogP contribution in [-0.4, -0.2) is 29.7 Å². The summed E-state index contributed by atoms with van der Waals surface area (Å²) >= 11 is 1.39. The fraction of sp³-hybridized carbons (Fsp3) is 0.120. The van der Waals surface area contributed by atoms with Gasteiger partial charge in [-0.25, -0.2) is 9.38 Å². The minimum Gasteiger partial charge on any atom is -0.497 e. The number of benzene rings is 3. The number of rotatable bonds is 7. The van der Waals surface area contributed by atoms with Crippen molar-refractivity contribution in [3.63, 3.8) is 0 Å². The van der Waals surface area contributed by atoms with Crippen LogP contribution in [0.2, 0.25) is 0 Å². The first-order valence-corrected chi connectivity index (χ1v) is 10.9. The van der Waals surface area contributed by atoms with E-state index in [-0.39, 0.29) is 5.56 Å². The van der Waals surface area contributed by atoms with E-state index in [4.69, 9.17) is 14.2 Å². The highest BCUT2D eigenvalue weighted by molar-refractivity contribution is 7.15. The number of para-hydroxylation sites is 2. The summed E-state index contributed by atoms with van der Waals surface area (Å²) in [5, 5.41) is 0. The van der Waals surface area contributed by atoms with E-state index < -0.39 is 0 Å². The van der Waals surface area contributed by atoms with Gasteiger partial charge in [0.2, 0.25) is 0 Å². The Labute approximate surface area is 187 Å². The Balaban J connectivity index is 1.25. The lowest BCUT2D eigenvalue weighted by Gasteiger charge is -2.09. The average Bonchev–Trinajstić information content (AvgIpc) is 3.34. The van der Waals surface area contributed by atoms with E-state index in [1.807, 2.05) is 78.9 Å². The first kappa shape index (κ1) is 20.1. The van der Waals surface area contributed by atoms with Crippen molar-refractivity contribution >= 4 is 33.4 Å². The van der Waals surface area contributed by atoms with E-state index in [1.165, 1.54) is 11.3 Å². The average molecular weight is 445 g/mol. The molecule has 5 rings (SSSR count). The lowest BCUT2D eigenvalue weighted by Crippen LogP contribution is -2.22. The fourth-order valence-electron chi connectivity index (χ4n) is 3.43. The van der Waals surface area contributed by atoms with Crippen LogP contribution < -0.4 is 24.3 Å². The molecular weight excluding hydrogens is 424 g/mol. The van der Waals surface area contributed by atoms with Crippen LogP contribution in [0.1, 0.15) is 5.56 Å². The molecular formula is C25H20N2O4S. The number of ether oxygens (including phenoxy) is 3. The minimum atomic E-state index is -0.0475. The highest BCUT2D eigenvalue weighted by Crippen LogP contribution is 2.19. The standard InChI is InChI=1S/C25H20N2O4S/c1-29-19-5-4-6-20(16-19)31-14-13-30-18-11-9-17(10-12-18)15-23-24(28)27-22-8-3-2-7-21(22)26-25(27)32-23/h2-12,15-16H,13-14H2,1H3/b23-15+. The molecule has 0 atom stereocenters. The van der Waals surface area contributed by atoms with E-state index in [9.17, 15) is 4.79 Å². The molecule has 5 aromatic rings. The van der Waals surface area contributed by atoms with E-state index in [0.717, 1.165) is 33.8 Å². The molecule has 0 aliphatic rings. The molecule has 0 aliphatic carbocycles. The van der Waals surface area contributed by atoms with Gasteiger partial charge in [0, 0.05) is 6.07 Å². The molecule has 0 saturated carbocycles. The summed E-state index contributed by atoms with van der Waals surface area (Å²) < 4.78 is 18.9. The lowest BCUT2D eigenvalue weighted by atomic mass is 10.2. The van der Waals surface area contributed by atoms with Gasteiger partial charge in [0.1, 0.15) is 30.5 Å². The van der Waals surface area contributed by atoms with Crippen molar-refractivity contribution in [1.29, 1.82) is 0 Å². The molecule has 7 heteroatoms. The molecule has 0 fully saturated rings. The van der Waals surface area contributed by atoms with Crippen molar-refractivity contribution < 1.29 is 14.2 Å². The van der Waals surface area contributed by atoms with E-state index in [2.05, 4.69) is 4.98 Å². The highest BCUT2D eigenvalue weighted by Gasteiger charge is 2.10.